The van der Waals surface area contributed by atoms with E-state index in [2.05, 4.69) is 10.3 Å². The Morgan fingerprint density at radius 3 is 2.70 bits per heavy atom. The number of halogens is 3. The second-order valence-corrected chi connectivity index (χ2v) is 5.45. The van der Waals surface area contributed by atoms with Crippen LogP contribution in [0.2, 0.25) is 10.0 Å². The second kappa shape index (κ2) is 6.66. The molecule has 0 bridgehead atoms. The molecule has 1 N–H and O–H groups in total. The number of rotatable bonds is 5. The molecule has 1 aromatic heterocycles. The van der Waals surface area contributed by atoms with Crippen molar-refractivity contribution in [3.63, 3.8) is 0 Å². The van der Waals surface area contributed by atoms with E-state index in [4.69, 9.17) is 34.8 Å². The topological polar surface area (TPSA) is 46.9 Å². The minimum absolute atomic E-state index is 0.0753. The van der Waals surface area contributed by atoms with Gasteiger partial charge in [-0.1, -0.05) is 23.2 Å². The Kier molecular flexibility index (Phi) is 5.13. The molecular formula is C13H14Cl3N3O. The number of aromatic nitrogens is 2. The summed E-state index contributed by atoms with van der Waals surface area (Å²) in [6, 6.07) is 3.42. The number of likely N-dealkylation sites (N-methyl/N-ethyl adjacent to an activating group) is 1. The van der Waals surface area contributed by atoms with Gasteiger partial charge in [0.05, 0.1) is 21.1 Å². The highest BCUT2D eigenvalue weighted by Crippen LogP contribution is 2.28. The van der Waals surface area contributed by atoms with Crippen LogP contribution in [-0.2, 0) is 17.8 Å². The SMILES string of the molecule is CCNC(=O)Cn1c(CCCl)nc2cc(Cl)c(Cl)cc21. The van der Waals surface area contributed by atoms with Crippen molar-refractivity contribution in [2.45, 2.75) is 19.9 Å². The predicted octanol–water partition coefficient (Wildman–Crippen LogP) is 3.26. The van der Waals surface area contributed by atoms with Gasteiger partial charge in [-0.05, 0) is 19.1 Å². The van der Waals surface area contributed by atoms with Gasteiger partial charge in [0.25, 0.3) is 0 Å². The van der Waals surface area contributed by atoms with E-state index in [1.807, 2.05) is 11.5 Å². The van der Waals surface area contributed by atoms with Crippen LogP contribution in [0.15, 0.2) is 12.1 Å². The molecule has 0 aliphatic carbocycles. The van der Waals surface area contributed by atoms with Crippen LogP contribution in [-0.4, -0.2) is 27.9 Å². The Bertz CT molecular complexity index is 639. The summed E-state index contributed by atoms with van der Waals surface area (Å²) in [5.74, 6) is 1.11. The lowest BCUT2D eigenvalue weighted by atomic mass is 10.3. The molecule has 0 unspecified atom stereocenters. The van der Waals surface area contributed by atoms with Crippen LogP contribution in [0.4, 0.5) is 0 Å². The summed E-state index contributed by atoms with van der Waals surface area (Å²) in [6.07, 6.45) is 0.574. The molecule has 1 amide bonds. The molecule has 0 aliphatic heterocycles. The summed E-state index contributed by atoms with van der Waals surface area (Å²) in [5.41, 5.74) is 1.49. The number of hydrogen-bond donors (Lipinski definition) is 1. The van der Waals surface area contributed by atoms with Crippen LogP contribution >= 0.6 is 34.8 Å². The van der Waals surface area contributed by atoms with Gasteiger partial charge in [0, 0.05) is 18.8 Å². The highest BCUT2D eigenvalue weighted by Gasteiger charge is 2.15. The summed E-state index contributed by atoms with van der Waals surface area (Å²) in [5, 5.41) is 3.65. The summed E-state index contributed by atoms with van der Waals surface area (Å²) < 4.78 is 1.82. The van der Waals surface area contributed by atoms with Gasteiger partial charge >= 0.3 is 0 Å². The fourth-order valence-electron chi connectivity index (χ4n) is 2.02. The fourth-order valence-corrected chi connectivity index (χ4v) is 2.50. The lowest BCUT2D eigenvalue weighted by Gasteiger charge is -2.08. The first kappa shape index (κ1) is 15.4. The molecule has 0 atom stereocenters. The number of amides is 1. The van der Waals surface area contributed by atoms with Crippen molar-refractivity contribution >= 4 is 51.7 Å². The molecule has 1 aromatic carbocycles. The highest BCUT2D eigenvalue weighted by atomic mass is 35.5. The van der Waals surface area contributed by atoms with Gasteiger partial charge in [-0.25, -0.2) is 4.98 Å². The monoisotopic (exact) mass is 333 g/mol. The van der Waals surface area contributed by atoms with Gasteiger partial charge in [0.1, 0.15) is 12.4 Å². The average Bonchev–Trinajstić information content (AvgIpc) is 2.69. The van der Waals surface area contributed by atoms with E-state index in [9.17, 15) is 4.79 Å². The van der Waals surface area contributed by atoms with E-state index in [0.717, 1.165) is 11.3 Å². The number of alkyl halides is 1. The normalized spacial score (nSPS) is 11.0. The van der Waals surface area contributed by atoms with Gasteiger partial charge < -0.3 is 9.88 Å². The van der Waals surface area contributed by atoms with Crippen LogP contribution < -0.4 is 5.32 Å². The zero-order valence-electron chi connectivity index (χ0n) is 10.9. The first-order valence-electron chi connectivity index (χ1n) is 6.23. The molecule has 0 saturated carbocycles. The zero-order chi connectivity index (χ0) is 14.7. The fraction of sp³-hybridized carbons (Fsp3) is 0.385. The van der Waals surface area contributed by atoms with Crippen LogP contribution in [0.1, 0.15) is 12.7 Å². The van der Waals surface area contributed by atoms with E-state index in [0.29, 0.717) is 34.4 Å². The number of nitrogens with one attached hydrogen (secondary N) is 1. The molecular weight excluding hydrogens is 321 g/mol. The quantitative estimate of drug-likeness (QED) is 0.853. The molecule has 0 spiro atoms. The third-order valence-corrected chi connectivity index (χ3v) is 3.77. The molecule has 0 fully saturated rings. The summed E-state index contributed by atoms with van der Waals surface area (Å²) in [7, 11) is 0. The van der Waals surface area contributed by atoms with Gasteiger partial charge in [0.2, 0.25) is 5.91 Å². The Morgan fingerprint density at radius 2 is 2.05 bits per heavy atom. The Hall–Kier alpha value is -0.970. The van der Waals surface area contributed by atoms with Crippen LogP contribution in [0, 0.1) is 0 Å². The number of carbonyl (C=O) groups excluding carboxylic acids is 1. The van der Waals surface area contributed by atoms with E-state index in [1.54, 1.807) is 12.1 Å². The van der Waals surface area contributed by atoms with E-state index < -0.39 is 0 Å². The highest BCUT2D eigenvalue weighted by molar-refractivity contribution is 6.42. The first-order chi connectivity index (χ1) is 9.56. The number of benzene rings is 1. The van der Waals surface area contributed by atoms with Crippen molar-refractivity contribution in [1.82, 2.24) is 14.9 Å². The maximum absolute atomic E-state index is 11.8. The molecule has 0 radical (unpaired) electrons. The summed E-state index contributed by atoms with van der Waals surface area (Å²) >= 11 is 17.8. The van der Waals surface area contributed by atoms with Crippen molar-refractivity contribution in [1.29, 1.82) is 0 Å². The molecule has 7 heteroatoms. The molecule has 0 saturated heterocycles. The predicted molar refractivity (Wildman–Crippen MR) is 82.9 cm³/mol. The Labute approximate surface area is 132 Å². The van der Waals surface area contributed by atoms with E-state index >= 15 is 0 Å². The number of fused-ring (bicyclic) bond motifs is 1. The first-order valence-corrected chi connectivity index (χ1v) is 7.52. The number of hydrogen-bond acceptors (Lipinski definition) is 2. The Balaban J connectivity index is 2.50. The minimum atomic E-state index is -0.0753. The average molecular weight is 335 g/mol. The molecule has 2 aromatic rings. The van der Waals surface area contributed by atoms with Gasteiger partial charge in [-0.2, -0.15) is 0 Å². The van der Waals surface area contributed by atoms with Gasteiger partial charge in [-0.3, -0.25) is 4.79 Å². The van der Waals surface area contributed by atoms with Crippen molar-refractivity contribution in [2.24, 2.45) is 0 Å². The zero-order valence-corrected chi connectivity index (χ0v) is 13.2. The molecule has 20 heavy (non-hydrogen) atoms. The Morgan fingerprint density at radius 1 is 1.35 bits per heavy atom. The number of imidazole rings is 1. The van der Waals surface area contributed by atoms with E-state index in [1.165, 1.54) is 0 Å². The third-order valence-electron chi connectivity index (χ3n) is 2.86. The lowest BCUT2D eigenvalue weighted by molar-refractivity contribution is -0.121. The van der Waals surface area contributed by atoms with Crippen LogP contribution in [0.5, 0.6) is 0 Å². The molecule has 4 nitrogen and oxygen atoms in total. The van der Waals surface area contributed by atoms with E-state index in [-0.39, 0.29) is 12.5 Å². The number of carbonyl (C=O) groups is 1. The number of nitrogens with zero attached hydrogens (tertiary/aromatic N) is 2. The molecule has 0 aliphatic rings. The minimum Gasteiger partial charge on any atom is -0.355 e. The lowest BCUT2D eigenvalue weighted by Crippen LogP contribution is -2.27. The van der Waals surface area contributed by atoms with Crippen LogP contribution in [0.3, 0.4) is 0 Å². The standard InChI is InChI=1S/C13H14Cl3N3O/c1-2-17-13(20)7-19-11-6-9(16)8(15)5-10(11)18-12(19)3-4-14/h5-6H,2-4,7H2,1H3,(H,17,20). The van der Waals surface area contributed by atoms with Gasteiger partial charge in [0.15, 0.2) is 0 Å². The van der Waals surface area contributed by atoms with Crippen molar-refractivity contribution in [3.05, 3.63) is 28.0 Å². The van der Waals surface area contributed by atoms with Crippen molar-refractivity contribution in [3.8, 4) is 0 Å². The summed E-state index contributed by atoms with van der Waals surface area (Å²) in [6.45, 7) is 2.65. The smallest absolute Gasteiger partial charge is 0.239 e. The van der Waals surface area contributed by atoms with Crippen LogP contribution in [0.25, 0.3) is 11.0 Å². The molecule has 108 valence electrons. The van der Waals surface area contributed by atoms with Crippen molar-refractivity contribution in [2.75, 3.05) is 12.4 Å². The number of aryl methyl sites for hydroxylation is 1. The largest absolute Gasteiger partial charge is 0.355 e. The molecule has 2 rings (SSSR count). The summed E-state index contributed by atoms with van der Waals surface area (Å²) in [4.78, 5) is 16.3. The maximum atomic E-state index is 11.8. The van der Waals surface area contributed by atoms with Gasteiger partial charge in [-0.15, -0.1) is 11.6 Å². The molecule has 1 heterocycles. The second-order valence-electron chi connectivity index (χ2n) is 4.26. The van der Waals surface area contributed by atoms with Crippen molar-refractivity contribution < 1.29 is 4.79 Å². The third kappa shape index (κ3) is 3.19. The maximum Gasteiger partial charge on any atom is 0.239 e.